The van der Waals surface area contributed by atoms with E-state index >= 15 is 0 Å². The molecule has 3 aromatic rings. The molecule has 0 bridgehead atoms. The monoisotopic (exact) mass is 339 g/mol. The fourth-order valence-corrected chi connectivity index (χ4v) is 3.59. The van der Waals surface area contributed by atoms with Crippen LogP contribution in [0.5, 0.6) is 5.75 Å². The van der Waals surface area contributed by atoms with E-state index < -0.39 is 0 Å². The highest BCUT2D eigenvalue weighted by atomic mass is 16.5. The third-order valence-electron chi connectivity index (χ3n) is 4.85. The van der Waals surface area contributed by atoms with Crippen LogP contribution >= 0.6 is 0 Å². The van der Waals surface area contributed by atoms with Crippen molar-refractivity contribution in [3.05, 3.63) is 52.2 Å². The quantitative estimate of drug-likeness (QED) is 0.787. The minimum absolute atomic E-state index is 0.134. The number of nitrogens with one attached hydrogen (secondary N) is 1. The molecule has 7 heteroatoms. The summed E-state index contributed by atoms with van der Waals surface area (Å²) in [5.74, 6) is 1.54. The number of hydrogen-bond donors (Lipinski definition) is 1. The topological polar surface area (TPSA) is 76.0 Å². The van der Waals surface area contributed by atoms with Gasteiger partial charge in [0.2, 0.25) is 0 Å². The maximum absolute atomic E-state index is 12.2. The molecule has 0 amide bonds. The van der Waals surface area contributed by atoms with Crippen molar-refractivity contribution in [3.8, 4) is 5.75 Å². The fourth-order valence-electron chi connectivity index (χ4n) is 3.59. The molecule has 0 saturated carbocycles. The molecule has 0 unspecified atom stereocenters. The maximum atomic E-state index is 12.2. The van der Waals surface area contributed by atoms with E-state index in [1.807, 2.05) is 12.1 Å². The molecule has 1 N–H and O–H groups in total. The summed E-state index contributed by atoms with van der Waals surface area (Å²) in [6.45, 7) is 1.59. The number of H-pyrrole nitrogens is 1. The molecule has 1 aliphatic heterocycles. The van der Waals surface area contributed by atoms with Gasteiger partial charge in [0.15, 0.2) is 5.65 Å². The van der Waals surface area contributed by atoms with Gasteiger partial charge < -0.3 is 9.72 Å². The van der Waals surface area contributed by atoms with Crippen LogP contribution in [0.1, 0.15) is 30.3 Å². The first-order valence-electron chi connectivity index (χ1n) is 8.44. The maximum Gasteiger partial charge on any atom is 0.262 e. The van der Waals surface area contributed by atoms with Gasteiger partial charge in [-0.1, -0.05) is 12.1 Å². The Labute approximate surface area is 145 Å². The summed E-state index contributed by atoms with van der Waals surface area (Å²) in [6.07, 6.45) is 3.77. The van der Waals surface area contributed by atoms with Crippen LogP contribution in [0.2, 0.25) is 0 Å². The number of benzene rings is 1. The number of ether oxygens (including phenoxy) is 1. The predicted octanol–water partition coefficient (Wildman–Crippen LogP) is 2.00. The zero-order chi connectivity index (χ0) is 17.4. The summed E-state index contributed by atoms with van der Waals surface area (Å²) >= 11 is 0. The lowest BCUT2D eigenvalue weighted by molar-refractivity contribution is 0.242. The number of rotatable bonds is 4. The first-order chi connectivity index (χ1) is 12.2. The Morgan fingerprint density at radius 1 is 1.40 bits per heavy atom. The molecule has 1 aliphatic rings. The molecule has 4 rings (SSSR count). The van der Waals surface area contributed by atoms with Crippen LogP contribution < -0.4 is 10.3 Å². The van der Waals surface area contributed by atoms with Crippen LogP contribution in [0.25, 0.3) is 11.0 Å². The van der Waals surface area contributed by atoms with Gasteiger partial charge in [-0.2, -0.15) is 5.10 Å². The minimum Gasteiger partial charge on any atom is -0.497 e. The number of aromatic nitrogens is 4. The molecule has 1 saturated heterocycles. The van der Waals surface area contributed by atoms with Gasteiger partial charge in [0, 0.05) is 13.1 Å². The number of aromatic amines is 1. The van der Waals surface area contributed by atoms with Gasteiger partial charge in [0.1, 0.15) is 17.0 Å². The Hall–Kier alpha value is -2.67. The van der Waals surface area contributed by atoms with E-state index in [9.17, 15) is 4.79 Å². The van der Waals surface area contributed by atoms with E-state index in [1.165, 1.54) is 5.56 Å². The molecule has 3 heterocycles. The van der Waals surface area contributed by atoms with E-state index in [0.717, 1.165) is 25.1 Å². The molecule has 1 atom stereocenters. The van der Waals surface area contributed by atoms with E-state index in [4.69, 9.17) is 4.74 Å². The molecule has 0 spiro atoms. The van der Waals surface area contributed by atoms with Gasteiger partial charge in [0.25, 0.3) is 5.56 Å². The zero-order valence-corrected chi connectivity index (χ0v) is 14.4. The minimum atomic E-state index is -0.134. The molecular weight excluding hydrogens is 318 g/mol. The van der Waals surface area contributed by atoms with E-state index in [-0.39, 0.29) is 5.56 Å². The first kappa shape index (κ1) is 15.8. The first-order valence-corrected chi connectivity index (χ1v) is 8.44. The lowest BCUT2D eigenvalue weighted by atomic mass is 10.0. The summed E-state index contributed by atoms with van der Waals surface area (Å²) in [6, 6.07) is 8.50. The summed E-state index contributed by atoms with van der Waals surface area (Å²) in [7, 11) is 3.48. The van der Waals surface area contributed by atoms with Crippen molar-refractivity contribution in [1.82, 2.24) is 24.6 Å². The lowest BCUT2D eigenvalue weighted by Crippen LogP contribution is -2.25. The van der Waals surface area contributed by atoms with Crippen molar-refractivity contribution >= 4 is 11.0 Å². The Bertz CT molecular complexity index is 961. The molecule has 1 aromatic carbocycles. The van der Waals surface area contributed by atoms with Crippen molar-refractivity contribution in [2.75, 3.05) is 13.7 Å². The number of likely N-dealkylation sites (tertiary alicyclic amines) is 1. The molecule has 2 aromatic heterocycles. The summed E-state index contributed by atoms with van der Waals surface area (Å²) < 4.78 is 6.98. The Morgan fingerprint density at radius 2 is 2.28 bits per heavy atom. The number of aryl methyl sites for hydroxylation is 1. The second-order valence-electron chi connectivity index (χ2n) is 6.42. The van der Waals surface area contributed by atoms with Gasteiger partial charge in [0.05, 0.1) is 19.9 Å². The molecular formula is C18H21N5O2. The van der Waals surface area contributed by atoms with Crippen LogP contribution in [-0.4, -0.2) is 38.3 Å². The third-order valence-corrected chi connectivity index (χ3v) is 4.85. The highest BCUT2D eigenvalue weighted by Crippen LogP contribution is 2.34. The van der Waals surface area contributed by atoms with Crippen molar-refractivity contribution < 1.29 is 4.74 Å². The molecule has 130 valence electrons. The second-order valence-corrected chi connectivity index (χ2v) is 6.42. The predicted molar refractivity (Wildman–Crippen MR) is 94.5 cm³/mol. The summed E-state index contributed by atoms with van der Waals surface area (Å²) in [4.78, 5) is 22.1. The smallest absolute Gasteiger partial charge is 0.262 e. The molecule has 1 fully saturated rings. The van der Waals surface area contributed by atoms with Crippen LogP contribution in [0.3, 0.4) is 0 Å². The highest BCUT2D eigenvalue weighted by molar-refractivity contribution is 5.72. The van der Waals surface area contributed by atoms with E-state index in [1.54, 1.807) is 25.0 Å². The number of nitrogens with zero attached hydrogens (tertiary/aromatic N) is 4. The summed E-state index contributed by atoms with van der Waals surface area (Å²) in [5.41, 5.74) is 1.72. The fraction of sp³-hybridized carbons (Fsp3) is 0.389. The largest absolute Gasteiger partial charge is 0.497 e. The SMILES string of the molecule is COc1cccc([C@@H]2CCCN2Cc2nc3c(cnn3C)c(=O)[nH]2)c1. The van der Waals surface area contributed by atoms with E-state index in [2.05, 4.69) is 32.1 Å². The summed E-state index contributed by atoms with van der Waals surface area (Å²) in [5, 5.41) is 4.64. The van der Waals surface area contributed by atoms with Crippen molar-refractivity contribution in [3.63, 3.8) is 0 Å². The second kappa shape index (κ2) is 6.33. The Balaban J connectivity index is 1.63. The van der Waals surface area contributed by atoms with Crippen molar-refractivity contribution in [2.24, 2.45) is 7.05 Å². The Kier molecular flexibility index (Phi) is 4.01. The zero-order valence-electron chi connectivity index (χ0n) is 14.4. The Morgan fingerprint density at radius 3 is 3.12 bits per heavy atom. The number of methoxy groups -OCH3 is 1. The lowest BCUT2D eigenvalue weighted by Gasteiger charge is -2.24. The average Bonchev–Trinajstić information content (AvgIpc) is 3.23. The van der Waals surface area contributed by atoms with Crippen molar-refractivity contribution in [1.29, 1.82) is 0 Å². The molecule has 0 radical (unpaired) electrons. The van der Waals surface area contributed by atoms with Gasteiger partial charge >= 0.3 is 0 Å². The van der Waals surface area contributed by atoms with Crippen LogP contribution in [0.4, 0.5) is 0 Å². The average molecular weight is 339 g/mol. The number of hydrogen-bond acceptors (Lipinski definition) is 5. The van der Waals surface area contributed by atoms with Gasteiger partial charge in [-0.15, -0.1) is 0 Å². The van der Waals surface area contributed by atoms with Crippen LogP contribution in [-0.2, 0) is 13.6 Å². The van der Waals surface area contributed by atoms with Gasteiger partial charge in [-0.05, 0) is 37.1 Å². The van der Waals surface area contributed by atoms with Gasteiger partial charge in [-0.25, -0.2) is 4.98 Å². The highest BCUT2D eigenvalue weighted by Gasteiger charge is 2.27. The van der Waals surface area contributed by atoms with Crippen molar-refractivity contribution in [2.45, 2.75) is 25.4 Å². The van der Waals surface area contributed by atoms with Crippen LogP contribution in [0.15, 0.2) is 35.3 Å². The standard InChI is InChI=1S/C18H21N5O2/c1-22-17-14(10-19-22)18(24)21-16(20-17)11-23-8-4-7-15(23)12-5-3-6-13(9-12)25-2/h3,5-6,9-10,15H,4,7-8,11H2,1-2H3,(H,20,21,24)/t15-/m0/s1. The third kappa shape index (κ3) is 2.91. The molecule has 0 aliphatic carbocycles. The van der Waals surface area contributed by atoms with E-state index in [0.29, 0.717) is 29.4 Å². The van der Waals surface area contributed by atoms with Gasteiger partial charge in [-0.3, -0.25) is 14.4 Å². The van der Waals surface area contributed by atoms with Crippen LogP contribution in [0, 0.1) is 0 Å². The normalized spacial score (nSPS) is 18.1. The molecule has 7 nitrogen and oxygen atoms in total. The molecule has 25 heavy (non-hydrogen) atoms. The number of fused-ring (bicyclic) bond motifs is 1.